The standard InChI is InChI=1S/C14H18N2O3S/c1-10-3-8-14(19-10)11(2)16-20(17,18)9-12-4-6-13(15)7-5-12/h3-8,11,16H,9,15H2,1-2H3. The largest absolute Gasteiger partial charge is 0.465 e. The van der Waals surface area contributed by atoms with Crippen LogP contribution in [0.3, 0.4) is 0 Å². The fourth-order valence-electron chi connectivity index (χ4n) is 1.89. The molecule has 0 aliphatic carbocycles. The highest BCUT2D eigenvalue weighted by molar-refractivity contribution is 7.88. The van der Waals surface area contributed by atoms with Crippen molar-refractivity contribution in [1.29, 1.82) is 0 Å². The number of rotatable bonds is 5. The second-order valence-corrected chi connectivity index (χ2v) is 6.54. The highest BCUT2D eigenvalue weighted by Crippen LogP contribution is 2.17. The van der Waals surface area contributed by atoms with Crippen LogP contribution < -0.4 is 10.5 Å². The van der Waals surface area contributed by atoms with Crippen LogP contribution in [-0.2, 0) is 15.8 Å². The molecule has 0 amide bonds. The van der Waals surface area contributed by atoms with Gasteiger partial charge in [0.05, 0.1) is 11.8 Å². The van der Waals surface area contributed by atoms with E-state index in [4.69, 9.17) is 10.2 Å². The molecule has 2 aromatic rings. The molecule has 0 aliphatic heterocycles. The zero-order valence-corrected chi connectivity index (χ0v) is 12.3. The van der Waals surface area contributed by atoms with Crippen molar-refractivity contribution in [2.75, 3.05) is 5.73 Å². The molecule has 0 saturated carbocycles. The lowest BCUT2D eigenvalue weighted by Crippen LogP contribution is -2.27. The Kier molecular flexibility index (Phi) is 4.15. The molecule has 1 heterocycles. The number of furan rings is 1. The van der Waals surface area contributed by atoms with Crippen molar-refractivity contribution in [3.63, 3.8) is 0 Å². The first-order valence-corrected chi connectivity index (χ1v) is 7.92. The molecule has 0 saturated heterocycles. The van der Waals surface area contributed by atoms with Gasteiger partial charge in [0, 0.05) is 5.69 Å². The van der Waals surface area contributed by atoms with Crippen LogP contribution in [0.1, 0.15) is 30.0 Å². The summed E-state index contributed by atoms with van der Waals surface area (Å²) in [6.07, 6.45) is 0. The molecular formula is C14H18N2O3S. The van der Waals surface area contributed by atoms with Gasteiger partial charge in [-0.05, 0) is 43.7 Å². The lowest BCUT2D eigenvalue weighted by molar-refractivity contribution is 0.441. The average Bonchev–Trinajstić information content (AvgIpc) is 2.78. The first kappa shape index (κ1) is 14.6. The number of nitrogen functional groups attached to an aromatic ring is 1. The third kappa shape index (κ3) is 3.85. The minimum atomic E-state index is -3.44. The molecule has 6 heteroatoms. The third-order valence-electron chi connectivity index (χ3n) is 2.88. The van der Waals surface area contributed by atoms with Gasteiger partial charge in [0.15, 0.2) is 0 Å². The highest BCUT2D eigenvalue weighted by atomic mass is 32.2. The molecular weight excluding hydrogens is 276 g/mol. The van der Waals surface area contributed by atoms with Crippen molar-refractivity contribution in [3.8, 4) is 0 Å². The van der Waals surface area contributed by atoms with Gasteiger partial charge >= 0.3 is 0 Å². The van der Waals surface area contributed by atoms with Crippen LogP contribution in [0.2, 0.25) is 0 Å². The Bertz CT molecular complexity index is 675. The predicted molar refractivity (Wildman–Crippen MR) is 78.5 cm³/mol. The molecule has 0 fully saturated rings. The number of aryl methyl sites for hydroxylation is 1. The van der Waals surface area contributed by atoms with E-state index in [-0.39, 0.29) is 5.75 Å². The number of benzene rings is 1. The van der Waals surface area contributed by atoms with Gasteiger partial charge < -0.3 is 10.2 Å². The number of nitrogens with two attached hydrogens (primary N) is 1. The van der Waals surface area contributed by atoms with E-state index in [0.29, 0.717) is 17.0 Å². The molecule has 0 aliphatic rings. The fraction of sp³-hybridized carbons (Fsp3) is 0.286. The number of nitrogens with one attached hydrogen (secondary N) is 1. The molecule has 1 atom stereocenters. The Morgan fingerprint density at radius 1 is 1.20 bits per heavy atom. The zero-order valence-electron chi connectivity index (χ0n) is 11.5. The SMILES string of the molecule is Cc1ccc(C(C)NS(=O)(=O)Cc2ccc(N)cc2)o1. The van der Waals surface area contributed by atoms with E-state index in [1.54, 1.807) is 43.3 Å². The van der Waals surface area contributed by atoms with Crippen LogP contribution in [0, 0.1) is 6.92 Å². The molecule has 5 nitrogen and oxygen atoms in total. The van der Waals surface area contributed by atoms with Gasteiger partial charge in [0.25, 0.3) is 0 Å². The van der Waals surface area contributed by atoms with Crippen LogP contribution in [0.15, 0.2) is 40.8 Å². The van der Waals surface area contributed by atoms with Crippen molar-refractivity contribution in [1.82, 2.24) is 4.72 Å². The first-order chi connectivity index (χ1) is 9.35. The maximum Gasteiger partial charge on any atom is 0.216 e. The van der Waals surface area contributed by atoms with E-state index >= 15 is 0 Å². The molecule has 1 aromatic carbocycles. The minimum Gasteiger partial charge on any atom is -0.465 e. The smallest absolute Gasteiger partial charge is 0.216 e. The number of anilines is 1. The van der Waals surface area contributed by atoms with Gasteiger partial charge in [0.1, 0.15) is 11.5 Å². The summed E-state index contributed by atoms with van der Waals surface area (Å²) in [4.78, 5) is 0. The Morgan fingerprint density at radius 2 is 1.85 bits per heavy atom. The van der Waals surface area contributed by atoms with E-state index in [1.807, 2.05) is 6.92 Å². The van der Waals surface area contributed by atoms with Gasteiger partial charge in [-0.3, -0.25) is 0 Å². The molecule has 108 valence electrons. The van der Waals surface area contributed by atoms with Gasteiger partial charge in [-0.2, -0.15) is 0 Å². The molecule has 0 radical (unpaired) electrons. The summed E-state index contributed by atoms with van der Waals surface area (Å²) in [5.41, 5.74) is 6.87. The lowest BCUT2D eigenvalue weighted by Gasteiger charge is -2.12. The summed E-state index contributed by atoms with van der Waals surface area (Å²) in [6, 6.07) is 9.95. The van der Waals surface area contributed by atoms with Gasteiger partial charge in [0.2, 0.25) is 10.0 Å². The quantitative estimate of drug-likeness (QED) is 0.829. The van der Waals surface area contributed by atoms with Gasteiger partial charge in [-0.15, -0.1) is 0 Å². The van der Waals surface area contributed by atoms with Crippen LogP contribution >= 0.6 is 0 Å². The third-order valence-corrected chi connectivity index (χ3v) is 4.31. The second-order valence-electron chi connectivity index (χ2n) is 4.79. The van der Waals surface area contributed by atoms with Crippen LogP contribution in [-0.4, -0.2) is 8.42 Å². The summed E-state index contributed by atoms with van der Waals surface area (Å²) in [5.74, 6) is 1.27. The molecule has 0 spiro atoms. The van der Waals surface area contributed by atoms with E-state index < -0.39 is 16.1 Å². The Labute approximate surface area is 118 Å². The minimum absolute atomic E-state index is 0.0860. The molecule has 1 aromatic heterocycles. The molecule has 0 bridgehead atoms. The van der Waals surface area contributed by atoms with E-state index in [9.17, 15) is 8.42 Å². The molecule has 20 heavy (non-hydrogen) atoms. The maximum atomic E-state index is 12.1. The Hall–Kier alpha value is -1.79. The van der Waals surface area contributed by atoms with Crippen LogP contribution in [0.5, 0.6) is 0 Å². The first-order valence-electron chi connectivity index (χ1n) is 6.26. The van der Waals surface area contributed by atoms with Crippen LogP contribution in [0.25, 0.3) is 0 Å². The summed E-state index contributed by atoms with van der Waals surface area (Å²) in [7, 11) is -3.44. The summed E-state index contributed by atoms with van der Waals surface area (Å²) < 4.78 is 32.2. The maximum absolute atomic E-state index is 12.1. The van der Waals surface area contributed by atoms with Gasteiger partial charge in [-0.1, -0.05) is 12.1 Å². The lowest BCUT2D eigenvalue weighted by atomic mass is 10.2. The zero-order chi connectivity index (χ0) is 14.8. The number of hydrogen-bond donors (Lipinski definition) is 2. The summed E-state index contributed by atoms with van der Waals surface area (Å²) >= 11 is 0. The topological polar surface area (TPSA) is 85.3 Å². The predicted octanol–water partition coefficient (Wildman–Crippen LogP) is 2.35. The van der Waals surface area contributed by atoms with E-state index in [0.717, 1.165) is 5.76 Å². The number of hydrogen-bond acceptors (Lipinski definition) is 4. The molecule has 3 N–H and O–H groups in total. The van der Waals surface area contributed by atoms with Crippen molar-refractivity contribution in [2.24, 2.45) is 0 Å². The van der Waals surface area contributed by atoms with Crippen molar-refractivity contribution in [2.45, 2.75) is 25.6 Å². The summed E-state index contributed by atoms with van der Waals surface area (Å²) in [5, 5.41) is 0. The normalized spacial score (nSPS) is 13.3. The Balaban J connectivity index is 2.05. The van der Waals surface area contributed by atoms with Crippen molar-refractivity contribution in [3.05, 3.63) is 53.5 Å². The monoisotopic (exact) mass is 294 g/mol. The van der Waals surface area contributed by atoms with E-state index in [2.05, 4.69) is 4.72 Å². The molecule has 1 unspecified atom stereocenters. The van der Waals surface area contributed by atoms with Crippen LogP contribution in [0.4, 0.5) is 5.69 Å². The van der Waals surface area contributed by atoms with E-state index in [1.165, 1.54) is 0 Å². The summed E-state index contributed by atoms with van der Waals surface area (Å²) in [6.45, 7) is 3.57. The van der Waals surface area contributed by atoms with Gasteiger partial charge in [-0.25, -0.2) is 13.1 Å². The molecule has 2 rings (SSSR count). The van der Waals surface area contributed by atoms with Crippen molar-refractivity contribution < 1.29 is 12.8 Å². The number of sulfonamides is 1. The fourth-order valence-corrected chi connectivity index (χ4v) is 3.26. The highest BCUT2D eigenvalue weighted by Gasteiger charge is 2.18. The van der Waals surface area contributed by atoms with Crippen molar-refractivity contribution >= 4 is 15.7 Å². The average molecular weight is 294 g/mol. The second kappa shape index (κ2) is 5.68. The Morgan fingerprint density at radius 3 is 2.40 bits per heavy atom.